The van der Waals surface area contributed by atoms with Crippen molar-refractivity contribution in [3.63, 3.8) is 0 Å². The van der Waals surface area contributed by atoms with Crippen molar-refractivity contribution in [3.8, 4) is 5.88 Å². The van der Waals surface area contributed by atoms with E-state index in [0.717, 1.165) is 33.1 Å². The molecule has 2 aromatic heterocycles. The van der Waals surface area contributed by atoms with Crippen LogP contribution in [0.4, 0.5) is 10.8 Å². The molecule has 0 aliphatic carbocycles. The van der Waals surface area contributed by atoms with Crippen LogP contribution >= 0.6 is 22.7 Å². The molecule has 0 saturated carbocycles. The number of nitrogens with zero attached hydrogens (tertiary/aromatic N) is 5. The van der Waals surface area contributed by atoms with Crippen molar-refractivity contribution in [2.45, 2.75) is 20.3 Å². The predicted molar refractivity (Wildman–Crippen MR) is 111 cm³/mol. The smallest absolute Gasteiger partial charge is 0.234 e. The van der Waals surface area contributed by atoms with Gasteiger partial charge in [0.25, 0.3) is 0 Å². The van der Waals surface area contributed by atoms with Gasteiger partial charge < -0.3 is 5.11 Å². The Balaban J connectivity index is 1.69. The summed E-state index contributed by atoms with van der Waals surface area (Å²) < 4.78 is 1.67. The molecule has 6 nitrogen and oxygen atoms in total. The molecule has 0 fully saturated rings. The molecule has 1 aliphatic heterocycles. The van der Waals surface area contributed by atoms with Gasteiger partial charge in [-0.05, 0) is 18.1 Å². The number of benzene rings is 1. The van der Waals surface area contributed by atoms with Crippen LogP contribution in [0, 0.1) is 5.92 Å². The number of fused-ring (bicyclic) bond motifs is 1. The zero-order chi connectivity index (χ0) is 19.0. The van der Waals surface area contributed by atoms with Gasteiger partial charge in [0.05, 0.1) is 10.6 Å². The first-order chi connectivity index (χ1) is 13.0. The van der Waals surface area contributed by atoms with Crippen molar-refractivity contribution in [2.75, 3.05) is 0 Å². The maximum absolute atomic E-state index is 10.5. The quantitative estimate of drug-likeness (QED) is 0.712. The molecule has 0 atom stereocenters. The van der Waals surface area contributed by atoms with E-state index < -0.39 is 0 Å². The zero-order valence-corrected chi connectivity index (χ0v) is 16.9. The molecule has 3 heterocycles. The SMILES string of the molecule is CC(C)Cc1nnc(/N=c2\sc(/C=C3/C=Nc4ccccc43)c(O)n2C)s1. The van der Waals surface area contributed by atoms with Gasteiger partial charge in [0.1, 0.15) is 5.01 Å². The molecule has 0 spiro atoms. The van der Waals surface area contributed by atoms with Crippen molar-refractivity contribution in [1.82, 2.24) is 14.8 Å². The third-order valence-electron chi connectivity index (χ3n) is 4.10. The fourth-order valence-corrected chi connectivity index (χ4v) is 4.71. The largest absolute Gasteiger partial charge is 0.493 e. The average Bonchev–Trinajstić information content (AvgIpc) is 3.31. The van der Waals surface area contributed by atoms with Gasteiger partial charge in [-0.3, -0.25) is 9.56 Å². The molecule has 0 radical (unpaired) electrons. The molecule has 138 valence electrons. The molecular weight excluding hydrogens is 378 g/mol. The summed E-state index contributed by atoms with van der Waals surface area (Å²) in [6.45, 7) is 4.31. The number of hydrogen-bond acceptors (Lipinski definition) is 7. The van der Waals surface area contributed by atoms with Crippen LogP contribution in [0.5, 0.6) is 5.88 Å². The van der Waals surface area contributed by atoms with Gasteiger partial charge in [0, 0.05) is 30.8 Å². The predicted octanol–water partition coefficient (Wildman–Crippen LogP) is 4.33. The summed E-state index contributed by atoms with van der Waals surface area (Å²) >= 11 is 2.90. The lowest BCUT2D eigenvalue weighted by atomic mass is 10.1. The van der Waals surface area contributed by atoms with E-state index >= 15 is 0 Å². The molecule has 1 aliphatic rings. The van der Waals surface area contributed by atoms with E-state index in [-0.39, 0.29) is 5.88 Å². The van der Waals surface area contributed by atoms with E-state index in [1.165, 1.54) is 22.7 Å². The van der Waals surface area contributed by atoms with E-state index in [9.17, 15) is 5.11 Å². The van der Waals surface area contributed by atoms with Crippen LogP contribution < -0.4 is 4.80 Å². The van der Waals surface area contributed by atoms with Gasteiger partial charge in [-0.25, -0.2) is 0 Å². The highest BCUT2D eigenvalue weighted by atomic mass is 32.1. The number of hydrogen-bond donors (Lipinski definition) is 1. The second-order valence-corrected chi connectivity index (χ2v) is 8.74. The first-order valence-electron chi connectivity index (χ1n) is 8.62. The van der Waals surface area contributed by atoms with E-state index in [2.05, 4.69) is 34.0 Å². The molecule has 8 heteroatoms. The van der Waals surface area contributed by atoms with E-state index in [4.69, 9.17) is 0 Å². The maximum atomic E-state index is 10.5. The minimum absolute atomic E-state index is 0.177. The molecule has 1 aromatic carbocycles. The van der Waals surface area contributed by atoms with Crippen molar-refractivity contribution in [2.24, 2.45) is 23.0 Å². The summed E-state index contributed by atoms with van der Waals surface area (Å²) in [7, 11) is 1.79. The van der Waals surface area contributed by atoms with Crippen molar-refractivity contribution in [1.29, 1.82) is 0 Å². The molecule has 0 amide bonds. The molecule has 4 rings (SSSR count). The Labute approximate surface area is 164 Å². The summed E-state index contributed by atoms with van der Waals surface area (Å²) in [6, 6.07) is 7.96. The van der Waals surface area contributed by atoms with Crippen LogP contribution in [0.3, 0.4) is 0 Å². The van der Waals surface area contributed by atoms with Crippen LogP contribution in [0.15, 0.2) is 34.3 Å². The third-order valence-corrected chi connectivity index (χ3v) is 6.01. The van der Waals surface area contributed by atoms with Gasteiger partial charge in [-0.2, -0.15) is 4.99 Å². The number of rotatable bonds is 4. The first-order valence-corrected chi connectivity index (χ1v) is 10.3. The first kappa shape index (κ1) is 17.8. The van der Waals surface area contributed by atoms with Crippen LogP contribution in [0.25, 0.3) is 11.6 Å². The number of para-hydroxylation sites is 1. The normalized spacial score (nSPS) is 15.3. The lowest BCUT2D eigenvalue weighted by Gasteiger charge is -1.98. The fraction of sp³-hybridized carbons (Fsp3) is 0.263. The second-order valence-electron chi connectivity index (χ2n) is 6.69. The lowest BCUT2D eigenvalue weighted by Crippen LogP contribution is -2.08. The van der Waals surface area contributed by atoms with Gasteiger partial charge in [-0.15, -0.1) is 10.2 Å². The summed E-state index contributed by atoms with van der Waals surface area (Å²) in [5, 5.41) is 20.5. The van der Waals surface area contributed by atoms with Gasteiger partial charge in [0.15, 0.2) is 4.80 Å². The molecule has 1 N–H and O–H groups in total. The lowest BCUT2D eigenvalue weighted by molar-refractivity contribution is 0.427. The monoisotopic (exact) mass is 397 g/mol. The molecule has 0 saturated heterocycles. The Morgan fingerprint density at radius 2 is 2.04 bits per heavy atom. The minimum atomic E-state index is 0.177. The Morgan fingerprint density at radius 3 is 2.85 bits per heavy atom. The third kappa shape index (κ3) is 3.63. The van der Waals surface area contributed by atoms with Crippen LogP contribution in [0.2, 0.25) is 0 Å². The Hall–Kier alpha value is -2.58. The van der Waals surface area contributed by atoms with Crippen molar-refractivity contribution in [3.05, 3.63) is 44.5 Å². The zero-order valence-electron chi connectivity index (χ0n) is 15.2. The summed E-state index contributed by atoms with van der Waals surface area (Å²) in [6.07, 6.45) is 4.66. The molecule has 27 heavy (non-hydrogen) atoms. The number of allylic oxidation sites excluding steroid dienone is 1. The highest BCUT2D eigenvalue weighted by molar-refractivity contribution is 7.15. The van der Waals surface area contributed by atoms with Gasteiger partial charge in [0.2, 0.25) is 11.0 Å². The summed E-state index contributed by atoms with van der Waals surface area (Å²) in [5.41, 5.74) is 2.99. The molecule has 0 bridgehead atoms. The second kappa shape index (κ2) is 7.21. The number of thiazole rings is 1. The van der Waals surface area contributed by atoms with E-state index in [1.54, 1.807) is 11.6 Å². The van der Waals surface area contributed by atoms with Gasteiger partial charge in [-0.1, -0.05) is 54.7 Å². The van der Waals surface area contributed by atoms with E-state index in [0.29, 0.717) is 15.9 Å². The van der Waals surface area contributed by atoms with Crippen LogP contribution in [-0.4, -0.2) is 26.1 Å². The average molecular weight is 398 g/mol. The Kier molecular flexibility index (Phi) is 4.75. The molecular formula is C19H19N5OS2. The summed E-state index contributed by atoms with van der Waals surface area (Å²) in [4.78, 5) is 10.4. The molecule has 0 unspecified atom stereocenters. The van der Waals surface area contributed by atoms with Crippen molar-refractivity contribution < 1.29 is 5.11 Å². The minimum Gasteiger partial charge on any atom is -0.493 e. The highest BCUT2D eigenvalue weighted by Crippen LogP contribution is 2.34. The van der Waals surface area contributed by atoms with Gasteiger partial charge >= 0.3 is 0 Å². The van der Waals surface area contributed by atoms with Crippen LogP contribution in [-0.2, 0) is 13.5 Å². The Morgan fingerprint density at radius 1 is 1.22 bits per heavy atom. The van der Waals surface area contributed by atoms with Crippen LogP contribution in [0.1, 0.15) is 29.3 Å². The fourth-order valence-electron chi connectivity index (χ4n) is 2.76. The standard InChI is InChI=1S/C19H19N5OS2/c1-11(2)8-16-22-23-18(27-16)21-19-24(3)17(25)15(26-19)9-12-10-20-14-7-5-4-6-13(12)14/h4-7,9-11,25H,8H2,1-3H3/b12-9-,21-19-. The molecule has 3 aromatic rings. The van der Waals surface area contributed by atoms with Crippen molar-refractivity contribution >= 4 is 51.4 Å². The number of aromatic nitrogens is 3. The number of aromatic hydroxyl groups is 1. The maximum Gasteiger partial charge on any atom is 0.234 e. The van der Waals surface area contributed by atoms with E-state index in [1.807, 2.05) is 36.6 Å². The number of aliphatic imine (C=N–C) groups is 1. The highest BCUT2D eigenvalue weighted by Gasteiger charge is 2.15. The topological polar surface area (TPSA) is 75.7 Å². The summed E-state index contributed by atoms with van der Waals surface area (Å²) in [5.74, 6) is 0.706. The Bertz CT molecular complexity index is 1120.